The largest absolute Gasteiger partial charge is 0.494 e. The third-order valence-electron chi connectivity index (χ3n) is 18.8. The quantitative estimate of drug-likeness (QED) is 0.114. The number of fused-ring (bicyclic) bond motifs is 5. The van der Waals surface area contributed by atoms with Crippen LogP contribution in [0.3, 0.4) is 0 Å². The highest BCUT2D eigenvalue weighted by atomic mass is 16.7. The van der Waals surface area contributed by atoms with Crippen LogP contribution >= 0.6 is 0 Å². The van der Waals surface area contributed by atoms with Crippen LogP contribution in [0.25, 0.3) is 150 Å². The van der Waals surface area contributed by atoms with E-state index in [9.17, 15) is 0 Å². The number of para-hydroxylation sites is 2. The van der Waals surface area contributed by atoms with Gasteiger partial charge in [0, 0.05) is 16.5 Å². The molecule has 15 aromatic rings. The van der Waals surface area contributed by atoms with Crippen molar-refractivity contribution < 1.29 is 13.7 Å². The highest BCUT2D eigenvalue weighted by Gasteiger charge is 2.51. The molecule has 0 radical (unpaired) electrons. The summed E-state index contributed by atoms with van der Waals surface area (Å²) in [5.74, 6) is 0. The van der Waals surface area contributed by atoms with E-state index < -0.39 is 18.3 Å². The molecule has 2 aromatic heterocycles. The summed E-state index contributed by atoms with van der Waals surface area (Å²) in [5.41, 5.74) is 25.8. The summed E-state index contributed by atoms with van der Waals surface area (Å²) in [4.78, 5) is 0. The average Bonchev–Trinajstić information content (AvgIpc) is 1.39. The molecule has 0 aliphatic carbocycles. The van der Waals surface area contributed by atoms with Crippen LogP contribution in [-0.4, -0.2) is 22.9 Å². The van der Waals surface area contributed by atoms with Crippen molar-refractivity contribution >= 4 is 45.6 Å². The summed E-state index contributed by atoms with van der Waals surface area (Å²) in [6.45, 7) is 8.47. The molecule has 0 unspecified atom stereocenters. The van der Waals surface area contributed by atoms with Gasteiger partial charge in [-0.25, -0.2) is 0 Å². The van der Waals surface area contributed by atoms with E-state index >= 15 is 0 Å². The lowest BCUT2D eigenvalue weighted by Crippen LogP contribution is -2.41. The van der Waals surface area contributed by atoms with E-state index in [1.165, 1.54) is 0 Å². The molecule has 1 saturated heterocycles. The van der Waals surface area contributed by atoms with Crippen molar-refractivity contribution in [1.29, 1.82) is 0 Å². The standard InChI is InChI=1S/C86H64BNO3/c1-85(2)86(3,4)91-87(90-85)71-47-43-63(44-48-71)79-80(64-45-49-72(50-46-64)88-75-41-25-23-39-73(75)83-74-40-24-26-42-76(74)89-84(83)88)82(70-55-67(59-31-15-7-16-32-59)52-68(56-70)60-33-17-8-18-34-60)78(62-37-21-10-22-38-62)77(61-35-19-9-20-36-61)81(79)69-53-65(57-27-11-5-12-28-57)51-66(54-69)58-29-13-6-14-30-58/h5-56H,1-4H3. The van der Waals surface area contributed by atoms with Crippen LogP contribution in [0.1, 0.15) is 27.7 Å². The number of aromatic nitrogens is 1. The monoisotopic (exact) mass is 1170 g/mol. The number of hydrogen-bond acceptors (Lipinski definition) is 3. The van der Waals surface area contributed by atoms with Crippen molar-refractivity contribution in [2.45, 2.75) is 38.9 Å². The van der Waals surface area contributed by atoms with Gasteiger partial charge >= 0.3 is 7.12 Å². The Labute approximate surface area is 532 Å². The van der Waals surface area contributed by atoms with Gasteiger partial charge in [0.2, 0.25) is 5.71 Å². The highest BCUT2D eigenvalue weighted by Crippen LogP contribution is 2.57. The molecule has 0 atom stereocenters. The third kappa shape index (κ3) is 9.91. The molecule has 3 heterocycles. The first-order valence-corrected chi connectivity index (χ1v) is 31.5. The molecular weight excluding hydrogens is 1110 g/mol. The van der Waals surface area contributed by atoms with Gasteiger partial charge in [-0.1, -0.05) is 255 Å². The minimum Gasteiger partial charge on any atom is -0.439 e. The molecule has 4 nitrogen and oxygen atoms in total. The summed E-state index contributed by atoms with van der Waals surface area (Å²) >= 11 is 0. The van der Waals surface area contributed by atoms with Gasteiger partial charge < -0.3 is 13.7 Å². The number of rotatable bonds is 12. The van der Waals surface area contributed by atoms with Gasteiger partial charge in [0.25, 0.3) is 0 Å². The minimum absolute atomic E-state index is 0.522. The maximum Gasteiger partial charge on any atom is 0.494 e. The lowest BCUT2D eigenvalue weighted by atomic mass is 9.72. The van der Waals surface area contributed by atoms with Crippen molar-refractivity contribution in [1.82, 2.24) is 4.57 Å². The van der Waals surface area contributed by atoms with Crippen molar-refractivity contribution in [3.63, 3.8) is 0 Å². The van der Waals surface area contributed by atoms with E-state index in [0.29, 0.717) is 0 Å². The van der Waals surface area contributed by atoms with Crippen LogP contribution in [0.5, 0.6) is 0 Å². The van der Waals surface area contributed by atoms with Crippen LogP contribution in [-0.2, 0) is 9.31 Å². The zero-order valence-electron chi connectivity index (χ0n) is 51.3. The molecule has 434 valence electrons. The van der Waals surface area contributed by atoms with E-state index in [1.54, 1.807) is 0 Å². The molecule has 0 bridgehead atoms. The Bertz CT molecular complexity index is 5040. The number of furan rings is 1. The smallest absolute Gasteiger partial charge is 0.439 e. The minimum atomic E-state index is -0.558. The molecule has 5 heteroatoms. The molecule has 0 saturated carbocycles. The first-order chi connectivity index (χ1) is 44.6. The van der Waals surface area contributed by atoms with Crippen molar-refractivity contribution in [3.8, 4) is 117 Å². The van der Waals surface area contributed by atoms with E-state index in [-0.39, 0.29) is 0 Å². The normalized spacial score (nSPS) is 13.6. The Hall–Kier alpha value is -10.8. The first kappa shape index (κ1) is 55.5. The predicted molar refractivity (Wildman–Crippen MR) is 381 cm³/mol. The first-order valence-electron chi connectivity index (χ1n) is 31.5. The van der Waals surface area contributed by atoms with Crippen LogP contribution < -0.4 is 5.46 Å². The molecule has 0 N–H and O–H groups in total. The van der Waals surface area contributed by atoms with E-state index in [0.717, 1.165) is 155 Å². The summed E-state index contributed by atoms with van der Waals surface area (Å²) in [7, 11) is -0.558. The molecule has 0 spiro atoms. The summed E-state index contributed by atoms with van der Waals surface area (Å²) in [5, 5.41) is 3.35. The van der Waals surface area contributed by atoms with Crippen LogP contribution in [0.2, 0.25) is 0 Å². The van der Waals surface area contributed by atoms with Crippen LogP contribution in [0, 0.1) is 0 Å². The average molecular weight is 1170 g/mol. The predicted octanol–water partition coefficient (Wildman–Crippen LogP) is 22.5. The number of benzene rings is 13. The second-order valence-corrected chi connectivity index (χ2v) is 24.9. The van der Waals surface area contributed by atoms with Crippen molar-refractivity contribution in [2.24, 2.45) is 0 Å². The molecule has 0 amide bonds. The second kappa shape index (κ2) is 22.7. The van der Waals surface area contributed by atoms with Gasteiger partial charge in [-0.3, -0.25) is 4.57 Å². The Morgan fingerprint density at radius 3 is 0.989 bits per heavy atom. The third-order valence-corrected chi connectivity index (χ3v) is 18.8. The fourth-order valence-corrected chi connectivity index (χ4v) is 13.7. The summed E-state index contributed by atoms with van der Waals surface area (Å²) in [6.07, 6.45) is 0. The van der Waals surface area contributed by atoms with Gasteiger partial charge in [0.05, 0.1) is 22.1 Å². The van der Waals surface area contributed by atoms with Gasteiger partial charge in [0.15, 0.2) is 0 Å². The van der Waals surface area contributed by atoms with Crippen molar-refractivity contribution in [2.75, 3.05) is 0 Å². The van der Waals surface area contributed by atoms with Gasteiger partial charge in [-0.15, -0.1) is 0 Å². The highest BCUT2D eigenvalue weighted by molar-refractivity contribution is 6.62. The SMILES string of the molecule is CC1(C)OB(c2ccc(-c3c(-c4ccc(-n5c6ccccc6c6c7ccccc7oc65)cc4)c(-c4cc(-c5ccccc5)cc(-c5ccccc5)c4)c(-c4ccccc4)c(-c4ccccc4)c3-c3cc(-c4ccccc4)cc(-c4ccccc4)c3)cc2)OC1(C)C. The maximum absolute atomic E-state index is 6.87. The topological polar surface area (TPSA) is 36.5 Å². The van der Waals surface area contributed by atoms with Crippen LogP contribution in [0.4, 0.5) is 0 Å². The van der Waals surface area contributed by atoms with Gasteiger partial charge in [-0.05, 0) is 205 Å². The Kier molecular flexibility index (Phi) is 13.8. The van der Waals surface area contributed by atoms with Crippen LogP contribution in [0.15, 0.2) is 320 Å². The molecule has 1 aliphatic heterocycles. The molecule has 16 rings (SSSR count). The lowest BCUT2D eigenvalue weighted by Gasteiger charge is -2.32. The Morgan fingerprint density at radius 2 is 0.582 bits per heavy atom. The van der Waals surface area contributed by atoms with E-state index in [2.05, 4.69) is 342 Å². The maximum atomic E-state index is 6.87. The molecular formula is C86H64BNO3. The van der Waals surface area contributed by atoms with Gasteiger partial charge in [-0.2, -0.15) is 0 Å². The molecule has 91 heavy (non-hydrogen) atoms. The molecule has 1 fully saturated rings. The molecule has 13 aromatic carbocycles. The zero-order valence-corrected chi connectivity index (χ0v) is 51.3. The summed E-state index contributed by atoms with van der Waals surface area (Å²) < 4.78 is 22.7. The van der Waals surface area contributed by atoms with E-state index in [4.69, 9.17) is 13.7 Å². The fraction of sp³-hybridized carbons (Fsp3) is 0.0698. The molecule has 1 aliphatic rings. The number of nitrogens with zero attached hydrogens (tertiary/aromatic N) is 1. The van der Waals surface area contributed by atoms with Crippen molar-refractivity contribution in [3.05, 3.63) is 315 Å². The lowest BCUT2D eigenvalue weighted by molar-refractivity contribution is 0.00578. The fourth-order valence-electron chi connectivity index (χ4n) is 13.7. The zero-order chi connectivity index (χ0) is 61.2. The number of hydrogen-bond donors (Lipinski definition) is 0. The Morgan fingerprint density at radius 1 is 0.275 bits per heavy atom. The second-order valence-electron chi connectivity index (χ2n) is 24.9. The Balaban J connectivity index is 1.09. The summed E-state index contributed by atoms with van der Waals surface area (Å²) in [6, 6.07) is 115. The van der Waals surface area contributed by atoms with Gasteiger partial charge in [0.1, 0.15) is 5.58 Å². The van der Waals surface area contributed by atoms with E-state index in [1.807, 2.05) is 6.07 Å².